The summed E-state index contributed by atoms with van der Waals surface area (Å²) in [5.74, 6) is 0.180. The van der Waals surface area contributed by atoms with Gasteiger partial charge in [-0.1, -0.05) is 34.8 Å². The van der Waals surface area contributed by atoms with E-state index in [2.05, 4.69) is 0 Å². The van der Waals surface area contributed by atoms with E-state index < -0.39 is 10.0 Å². The Morgan fingerprint density at radius 1 is 1.26 bits per heavy atom. The van der Waals surface area contributed by atoms with Gasteiger partial charge in [0, 0.05) is 18.1 Å². The first-order valence-electron chi connectivity index (χ1n) is 5.71. The Morgan fingerprint density at radius 3 is 2.32 bits per heavy atom. The highest BCUT2D eigenvalue weighted by Crippen LogP contribution is 2.36. The van der Waals surface area contributed by atoms with E-state index in [-0.39, 0.29) is 20.9 Å². The zero-order valence-corrected chi connectivity index (χ0v) is 13.0. The number of hydrogen-bond acceptors (Lipinski definition) is 3. The molecule has 0 bridgehead atoms. The molecule has 1 aliphatic heterocycles. The van der Waals surface area contributed by atoms with Crippen molar-refractivity contribution in [3.8, 4) is 0 Å². The van der Waals surface area contributed by atoms with Crippen molar-refractivity contribution in [3.63, 3.8) is 0 Å². The van der Waals surface area contributed by atoms with E-state index in [0.29, 0.717) is 24.7 Å². The molecule has 1 saturated heterocycles. The Bertz CT molecular complexity index is 569. The number of nitrogens with two attached hydrogens (primary N) is 1. The van der Waals surface area contributed by atoms with Crippen molar-refractivity contribution in [3.05, 3.63) is 27.2 Å². The molecule has 0 aromatic heterocycles. The zero-order chi connectivity index (χ0) is 14.2. The molecule has 106 valence electrons. The summed E-state index contributed by atoms with van der Waals surface area (Å²) in [6.45, 7) is 1.29. The number of sulfonamides is 1. The van der Waals surface area contributed by atoms with Crippen LogP contribution in [0.25, 0.3) is 0 Å². The molecule has 2 rings (SSSR count). The summed E-state index contributed by atoms with van der Waals surface area (Å²) in [5.41, 5.74) is 5.57. The molecule has 4 nitrogen and oxygen atoms in total. The monoisotopic (exact) mass is 342 g/mol. The van der Waals surface area contributed by atoms with E-state index in [9.17, 15) is 8.42 Å². The summed E-state index contributed by atoms with van der Waals surface area (Å²) in [4.78, 5) is -0.0853. The third-order valence-corrected chi connectivity index (χ3v) is 6.15. The van der Waals surface area contributed by atoms with Gasteiger partial charge in [-0.15, -0.1) is 0 Å². The van der Waals surface area contributed by atoms with Crippen molar-refractivity contribution in [1.82, 2.24) is 4.31 Å². The highest BCUT2D eigenvalue weighted by atomic mass is 35.5. The topological polar surface area (TPSA) is 63.4 Å². The molecule has 1 aliphatic rings. The average molecular weight is 344 g/mol. The van der Waals surface area contributed by atoms with Crippen LogP contribution in [-0.4, -0.2) is 32.4 Å². The lowest BCUT2D eigenvalue weighted by atomic mass is 10.1. The standard InChI is InChI=1S/C11H13Cl3N2O2S/c12-8-3-9(13)11(10(14)4-8)19(17,18)16-2-1-7(5-15)6-16/h3-4,7H,1-2,5-6,15H2. The summed E-state index contributed by atoms with van der Waals surface area (Å²) in [7, 11) is -3.70. The Hall–Kier alpha value is -0.0400. The smallest absolute Gasteiger partial charge is 0.246 e. The second-order valence-electron chi connectivity index (χ2n) is 4.45. The third-order valence-electron chi connectivity index (χ3n) is 3.14. The highest BCUT2D eigenvalue weighted by Gasteiger charge is 2.34. The fourth-order valence-corrected chi connectivity index (χ4v) is 5.14. The van der Waals surface area contributed by atoms with E-state index >= 15 is 0 Å². The Morgan fingerprint density at radius 2 is 1.84 bits per heavy atom. The van der Waals surface area contributed by atoms with Crippen molar-refractivity contribution in [2.24, 2.45) is 11.7 Å². The maximum atomic E-state index is 12.5. The zero-order valence-electron chi connectivity index (χ0n) is 9.94. The molecule has 1 atom stereocenters. The Balaban J connectivity index is 2.41. The molecule has 1 fully saturated rings. The van der Waals surface area contributed by atoms with Crippen LogP contribution in [0.2, 0.25) is 15.1 Å². The highest BCUT2D eigenvalue weighted by molar-refractivity contribution is 7.89. The maximum Gasteiger partial charge on any atom is 0.246 e. The van der Waals surface area contributed by atoms with E-state index in [1.807, 2.05) is 0 Å². The number of rotatable bonds is 3. The van der Waals surface area contributed by atoms with Crippen LogP contribution in [0, 0.1) is 5.92 Å². The van der Waals surface area contributed by atoms with Crippen LogP contribution in [0.3, 0.4) is 0 Å². The van der Waals surface area contributed by atoms with Gasteiger partial charge in [-0.3, -0.25) is 0 Å². The molecule has 1 heterocycles. The molecule has 0 saturated carbocycles. The van der Waals surface area contributed by atoms with Crippen LogP contribution >= 0.6 is 34.8 Å². The maximum absolute atomic E-state index is 12.5. The summed E-state index contributed by atoms with van der Waals surface area (Å²) >= 11 is 17.7. The van der Waals surface area contributed by atoms with Gasteiger partial charge in [-0.2, -0.15) is 4.31 Å². The Labute approximate surface area is 127 Å². The summed E-state index contributed by atoms with van der Waals surface area (Å²) in [6, 6.07) is 2.75. The predicted molar refractivity (Wildman–Crippen MR) is 77.4 cm³/mol. The molecule has 0 spiro atoms. The molecule has 19 heavy (non-hydrogen) atoms. The van der Waals surface area contributed by atoms with E-state index in [0.717, 1.165) is 6.42 Å². The second kappa shape index (κ2) is 5.76. The van der Waals surface area contributed by atoms with Gasteiger partial charge in [0.05, 0.1) is 10.0 Å². The first-order valence-corrected chi connectivity index (χ1v) is 8.28. The lowest BCUT2D eigenvalue weighted by molar-refractivity contribution is 0.459. The van der Waals surface area contributed by atoms with Gasteiger partial charge in [0.25, 0.3) is 0 Å². The molecule has 1 unspecified atom stereocenters. The first kappa shape index (κ1) is 15.4. The van der Waals surface area contributed by atoms with Crippen LogP contribution < -0.4 is 5.73 Å². The van der Waals surface area contributed by atoms with Gasteiger partial charge in [-0.05, 0) is 31.0 Å². The molecule has 2 N–H and O–H groups in total. The number of nitrogens with zero attached hydrogens (tertiary/aromatic N) is 1. The lowest BCUT2D eigenvalue weighted by Crippen LogP contribution is -2.30. The predicted octanol–water partition coefficient (Wildman–Crippen LogP) is 2.62. The van der Waals surface area contributed by atoms with Crippen molar-refractivity contribution < 1.29 is 8.42 Å². The van der Waals surface area contributed by atoms with Gasteiger partial charge >= 0.3 is 0 Å². The molecule has 8 heteroatoms. The molecular formula is C11H13Cl3N2O2S. The largest absolute Gasteiger partial charge is 0.330 e. The van der Waals surface area contributed by atoms with Crippen molar-refractivity contribution in [1.29, 1.82) is 0 Å². The van der Waals surface area contributed by atoms with Crippen LogP contribution in [0.1, 0.15) is 6.42 Å². The summed E-state index contributed by atoms with van der Waals surface area (Å²) < 4.78 is 26.4. The number of halogens is 3. The number of benzene rings is 1. The van der Waals surface area contributed by atoms with Gasteiger partial charge in [0.2, 0.25) is 10.0 Å². The second-order valence-corrected chi connectivity index (χ2v) is 7.58. The third kappa shape index (κ3) is 3.01. The number of hydrogen-bond donors (Lipinski definition) is 1. The fourth-order valence-electron chi connectivity index (χ4n) is 2.11. The van der Waals surface area contributed by atoms with E-state index in [1.165, 1.54) is 16.4 Å². The van der Waals surface area contributed by atoms with Gasteiger partial charge in [0.15, 0.2) is 0 Å². The minimum absolute atomic E-state index is 0.0358. The van der Waals surface area contributed by atoms with Crippen LogP contribution in [0.15, 0.2) is 17.0 Å². The van der Waals surface area contributed by atoms with Crippen LogP contribution in [0.4, 0.5) is 0 Å². The average Bonchev–Trinajstić information content (AvgIpc) is 2.75. The van der Waals surface area contributed by atoms with Gasteiger partial charge in [-0.25, -0.2) is 8.42 Å². The molecule has 1 aromatic rings. The SMILES string of the molecule is NCC1CCN(S(=O)(=O)c2c(Cl)cc(Cl)cc2Cl)C1. The van der Waals surface area contributed by atoms with Gasteiger partial charge < -0.3 is 5.73 Å². The van der Waals surface area contributed by atoms with E-state index in [1.54, 1.807) is 0 Å². The minimum Gasteiger partial charge on any atom is -0.330 e. The lowest BCUT2D eigenvalue weighted by Gasteiger charge is -2.18. The van der Waals surface area contributed by atoms with E-state index in [4.69, 9.17) is 40.5 Å². The van der Waals surface area contributed by atoms with Crippen molar-refractivity contribution in [2.45, 2.75) is 11.3 Å². The fraction of sp³-hybridized carbons (Fsp3) is 0.455. The summed E-state index contributed by atoms with van der Waals surface area (Å²) in [6.07, 6.45) is 0.749. The molecule has 0 aliphatic carbocycles. The van der Waals surface area contributed by atoms with Crippen LogP contribution in [-0.2, 0) is 10.0 Å². The summed E-state index contributed by atoms with van der Waals surface area (Å²) in [5, 5.41) is 0.373. The molecule has 0 radical (unpaired) electrons. The first-order chi connectivity index (χ1) is 8.86. The molecule has 1 aromatic carbocycles. The van der Waals surface area contributed by atoms with Crippen LogP contribution in [0.5, 0.6) is 0 Å². The van der Waals surface area contributed by atoms with Gasteiger partial charge in [0.1, 0.15) is 4.90 Å². The quantitative estimate of drug-likeness (QED) is 0.917. The Kier molecular flexibility index (Phi) is 4.65. The minimum atomic E-state index is -3.70. The van der Waals surface area contributed by atoms with Crippen molar-refractivity contribution in [2.75, 3.05) is 19.6 Å². The van der Waals surface area contributed by atoms with Crippen molar-refractivity contribution >= 4 is 44.8 Å². The molecular weight excluding hydrogens is 331 g/mol. The molecule has 0 amide bonds. The normalized spacial score (nSPS) is 20.9.